The number of Topliss-reactive ketones (excluding diaryl/α,β-unsaturated/α-hetero) is 1. The standard InChI is InChI=1S/C24H21FO4/c25-18-9-6-16(7-10-18)8-13-23(26)29-19-11-12-20-22(14-19)28-15-21(24(20)27)17-4-2-1-3-5-17/h1-10,13,15,19-20,22H,11-12,14H2/b13-8+. The SMILES string of the molecule is O=C(/C=C/c1ccc(F)cc1)OC1CCC2C(=O)C(c3ccccc3)=COC2C1. The van der Waals surface area contributed by atoms with Gasteiger partial charge in [-0.15, -0.1) is 0 Å². The van der Waals surface area contributed by atoms with Crippen molar-refractivity contribution < 1.29 is 23.5 Å². The van der Waals surface area contributed by atoms with E-state index in [0.717, 1.165) is 5.56 Å². The smallest absolute Gasteiger partial charge is 0.331 e. The van der Waals surface area contributed by atoms with Gasteiger partial charge in [0, 0.05) is 12.5 Å². The number of esters is 1. The summed E-state index contributed by atoms with van der Waals surface area (Å²) >= 11 is 0. The maximum Gasteiger partial charge on any atom is 0.331 e. The lowest BCUT2D eigenvalue weighted by molar-refractivity contribution is -0.148. The van der Waals surface area contributed by atoms with Crippen molar-refractivity contribution in [1.82, 2.24) is 0 Å². The third-order valence-corrected chi connectivity index (χ3v) is 5.36. The molecule has 2 aromatic rings. The minimum atomic E-state index is -0.458. The predicted octanol–water partition coefficient (Wildman–Crippen LogP) is 4.56. The van der Waals surface area contributed by atoms with Gasteiger partial charge in [-0.05, 0) is 42.2 Å². The molecule has 0 bridgehead atoms. The zero-order chi connectivity index (χ0) is 20.2. The van der Waals surface area contributed by atoms with Crippen molar-refractivity contribution in [2.24, 2.45) is 5.92 Å². The third kappa shape index (κ3) is 4.45. The van der Waals surface area contributed by atoms with E-state index in [4.69, 9.17) is 9.47 Å². The van der Waals surface area contributed by atoms with Gasteiger partial charge in [0.25, 0.3) is 0 Å². The monoisotopic (exact) mass is 392 g/mol. The number of ketones is 1. The van der Waals surface area contributed by atoms with Gasteiger partial charge in [-0.2, -0.15) is 0 Å². The molecule has 0 spiro atoms. The van der Waals surface area contributed by atoms with Crippen molar-refractivity contribution in [3.05, 3.63) is 83.9 Å². The van der Waals surface area contributed by atoms with Crippen LogP contribution >= 0.6 is 0 Å². The number of rotatable bonds is 4. The summed E-state index contributed by atoms with van der Waals surface area (Å²) in [5, 5.41) is 0. The fraction of sp³-hybridized carbons (Fsp3) is 0.250. The lowest BCUT2D eigenvalue weighted by atomic mass is 9.78. The molecule has 1 saturated carbocycles. The number of allylic oxidation sites excluding steroid dienone is 1. The molecule has 29 heavy (non-hydrogen) atoms. The van der Waals surface area contributed by atoms with Crippen molar-refractivity contribution in [1.29, 1.82) is 0 Å². The molecular formula is C24H21FO4. The molecule has 1 heterocycles. The van der Waals surface area contributed by atoms with Crippen LogP contribution in [-0.2, 0) is 19.1 Å². The molecule has 148 valence electrons. The number of carbonyl (C=O) groups excluding carboxylic acids is 2. The van der Waals surface area contributed by atoms with Crippen LogP contribution in [0.1, 0.15) is 30.4 Å². The molecule has 0 amide bonds. The predicted molar refractivity (Wildman–Crippen MR) is 107 cm³/mol. The molecule has 3 atom stereocenters. The minimum absolute atomic E-state index is 0.0911. The van der Waals surface area contributed by atoms with Gasteiger partial charge >= 0.3 is 5.97 Å². The molecule has 2 aromatic carbocycles. The summed E-state index contributed by atoms with van der Waals surface area (Å²) in [6.07, 6.45) is 5.62. The van der Waals surface area contributed by atoms with Gasteiger partial charge < -0.3 is 9.47 Å². The first-order valence-electron chi connectivity index (χ1n) is 9.69. The molecule has 0 N–H and O–H groups in total. The Hall–Kier alpha value is -3.21. The Bertz CT molecular complexity index is 947. The van der Waals surface area contributed by atoms with Crippen LogP contribution in [0.3, 0.4) is 0 Å². The van der Waals surface area contributed by atoms with E-state index in [1.54, 1.807) is 18.2 Å². The molecule has 0 saturated heterocycles. The second kappa shape index (κ2) is 8.43. The highest BCUT2D eigenvalue weighted by atomic mass is 19.1. The summed E-state index contributed by atoms with van der Waals surface area (Å²) in [5.41, 5.74) is 2.17. The van der Waals surface area contributed by atoms with Crippen LogP contribution in [0.2, 0.25) is 0 Å². The first-order valence-corrected chi connectivity index (χ1v) is 9.69. The number of halogens is 1. The maximum absolute atomic E-state index is 12.9. The summed E-state index contributed by atoms with van der Waals surface area (Å²) in [5.74, 6) is -0.901. The fourth-order valence-electron chi connectivity index (χ4n) is 3.83. The quantitative estimate of drug-likeness (QED) is 0.565. The Kier molecular flexibility index (Phi) is 5.56. The normalized spacial score (nSPS) is 23.8. The van der Waals surface area contributed by atoms with E-state index >= 15 is 0 Å². The summed E-state index contributed by atoms with van der Waals surface area (Å²) in [4.78, 5) is 25.0. The lowest BCUT2D eigenvalue weighted by Crippen LogP contribution is -2.41. The van der Waals surface area contributed by atoms with Gasteiger partial charge in [-0.3, -0.25) is 4.79 Å². The Balaban J connectivity index is 1.35. The van der Waals surface area contributed by atoms with Crippen LogP contribution in [0.15, 0.2) is 66.9 Å². The first-order chi connectivity index (χ1) is 14.1. The molecule has 4 rings (SSSR count). The summed E-state index contributed by atoms with van der Waals surface area (Å²) in [6.45, 7) is 0. The highest BCUT2D eigenvalue weighted by Crippen LogP contribution is 2.37. The fourth-order valence-corrected chi connectivity index (χ4v) is 3.83. The van der Waals surface area contributed by atoms with Crippen LogP contribution in [0, 0.1) is 11.7 Å². The lowest BCUT2D eigenvalue weighted by Gasteiger charge is -2.37. The Labute approximate surface area is 168 Å². The number of fused-ring (bicyclic) bond motifs is 1. The number of carbonyl (C=O) groups is 2. The topological polar surface area (TPSA) is 52.6 Å². The number of hydrogen-bond acceptors (Lipinski definition) is 4. The molecule has 1 aliphatic carbocycles. The van der Waals surface area contributed by atoms with E-state index in [9.17, 15) is 14.0 Å². The van der Waals surface area contributed by atoms with Crippen molar-refractivity contribution >= 4 is 23.4 Å². The van der Waals surface area contributed by atoms with Crippen molar-refractivity contribution in [2.75, 3.05) is 0 Å². The van der Waals surface area contributed by atoms with E-state index in [-0.39, 0.29) is 29.7 Å². The van der Waals surface area contributed by atoms with Crippen molar-refractivity contribution in [3.8, 4) is 0 Å². The number of benzene rings is 2. The van der Waals surface area contributed by atoms with E-state index < -0.39 is 5.97 Å². The number of ether oxygens (including phenoxy) is 2. The highest BCUT2D eigenvalue weighted by Gasteiger charge is 2.41. The van der Waals surface area contributed by atoms with Gasteiger partial charge in [0.05, 0.1) is 17.8 Å². The average molecular weight is 392 g/mol. The molecule has 0 radical (unpaired) electrons. The van der Waals surface area contributed by atoms with E-state index in [1.165, 1.54) is 24.5 Å². The van der Waals surface area contributed by atoms with Gasteiger partial charge in [0.1, 0.15) is 18.0 Å². The van der Waals surface area contributed by atoms with E-state index in [2.05, 4.69) is 0 Å². The molecule has 1 aliphatic heterocycles. The average Bonchev–Trinajstić information content (AvgIpc) is 2.74. The second-order valence-electron chi connectivity index (χ2n) is 7.30. The molecule has 4 nitrogen and oxygen atoms in total. The largest absolute Gasteiger partial charge is 0.496 e. The van der Waals surface area contributed by atoms with Crippen LogP contribution < -0.4 is 0 Å². The maximum atomic E-state index is 12.9. The molecule has 0 aromatic heterocycles. The Morgan fingerprint density at radius 1 is 1.07 bits per heavy atom. The van der Waals surface area contributed by atoms with Gasteiger partial charge in [0.15, 0.2) is 5.78 Å². The van der Waals surface area contributed by atoms with E-state index in [1.807, 2.05) is 30.3 Å². The Morgan fingerprint density at radius 2 is 1.83 bits per heavy atom. The summed E-state index contributed by atoms with van der Waals surface area (Å²) in [7, 11) is 0. The summed E-state index contributed by atoms with van der Waals surface area (Å²) < 4.78 is 24.3. The first kappa shape index (κ1) is 19.1. The summed E-state index contributed by atoms with van der Waals surface area (Å²) in [6, 6.07) is 15.3. The second-order valence-corrected chi connectivity index (χ2v) is 7.30. The van der Waals surface area contributed by atoms with Gasteiger partial charge in [-0.25, -0.2) is 9.18 Å². The highest BCUT2D eigenvalue weighted by molar-refractivity contribution is 6.22. The third-order valence-electron chi connectivity index (χ3n) is 5.36. The number of hydrogen-bond donors (Lipinski definition) is 0. The molecular weight excluding hydrogens is 371 g/mol. The molecule has 5 heteroatoms. The molecule has 1 fully saturated rings. The van der Waals surface area contributed by atoms with E-state index in [0.29, 0.717) is 30.4 Å². The van der Waals surface area contributed by atoms with Crippen molar-refractivity contribution in [2.45, 2.75) is 31.5 Å². The Morgan fingerprint density at radius 3 is 2.59 bits per heavy atom. The zero-order valence-electron chi connectivity index (χ0n) is 15.8. The van der Waals surface area contributed by atoms with Crippen LogP contribution in [0.25, 0.3) is 11.6 Å². The minimum Gasteiger partial charge on any atom is -0.496 e. The van der Waals surface area contributed by atoms with Gasteiger partial charge in [-0.1, -0.05) is 42.5 Å². The van der Waals surface area contributed by atoms with Crippen LogP contribution in [0.5, 0.6) is 0 Å². The van der Waals surface area contributed by atoms with Crippen molar-refractivity contribution in [3.63, 3.8) is 0 Å². The molecule has 3 unspecified atom stereocenters. The molecule has 2 aliphatic rings. The van der Waals surface area contributed by atoms with Gasteiger partial charge in [0.2, 0.25) is 0 Å². The van der Waals surface area contributed by atoms with Crippen LogP contribution in [0.4, 0.5) is 4.39 Å². The zero-order valence-corrected chi connectivity index (χ0v) is 15.8. The van der Waals surface area contributed by atoms with Crippen LogP contribution in [-0.4, -0.2) is 24.0 Å².